The predicted octanol–water partition coefficient (Wildman–Crippen LogP) is 4.39. The first-order chi connectivity index (χ1) is 10.1. The van der Waals surface area contributed by atoms with Crippen LogP contribution < -0.4 is 5.46 Å². The van der Waals surface area contributed by atoms with Gasteiger partial charge in [0.15, 0.2) is 0 Å². The quantitative estimate of drug-likeness (QED) is 0.752. The monoisotopic (exact) mass is 320 g/mol. The molecule has 1 aromatic carbocycles. The van der Waals surface area contributed by atoms with Gasteiger partial charge < -0.3 is 9.31 Å². The summed E-state index contributed by atoms with van der Waals surface area (Å²) < 4.78 is 12.3. The summed E-state index contributed by atoms with van der Waals surface area (Å²) in [4.78, 5) is 0. The summed E-state index contributed by atoms with van der Waals surface area (Å²) in [5.74, 6) is 0. The van der Waals surface area contributed by atoms with Crippen molar-refractivity contribution < 1.29 is 9.31 Å². The highest BCUT2D eigenvalue weighted by Gasteiger charge is 2.52. The van der Waals surface area contributed by atoms with Crippen molar-refractivity contribution in [3.8, 4) is 0 Å². The van der Waals surface area contributed by atoms with Gasteiger partial charge in [-0.2, -0.15) is 0 Å². The van der Waals surface area contributed by atoms with E-state index in [4.69, 9.17) is 20.9 Å². The fourth-order valence-electron chi connectivity index (χ4n) is 3.36. The maximum absolute atomic E-state index is 6.61. The molecule has 0 unspecified atom stereocenters. The summed E-state index contributed by atoms with van der Waals surface area (Å²) in [7, 11) is -0.342. The largest absolute Gasteiger partial charge is 0.495 e. The van der Waals surface area contributed by atoms with Crippen LogP contribution in [0.4, 0.5) is 0 Å². The Bertz CT molecular complexity index is 589. The van der Waals surface area contributed by atoms with Crippen LogP contribution in [0.25, 0.3) is 0 Å². The highest BCUT2D eigenvalue weighted by Crippen LogP contribution is 2.46. The average molecular weight is 321 g/mol. The van der Waals surface area contributed by atoms with Crippen LogP contribution in [0.2, 0.25) is 5.02 Å². The molecule has 1 heterocycles. The Labute approximate surface area is 139 Å². The Morgan fingerprint density at radius 2 is 1.55 bits per heavy atom. The van der Waals surface area contributed by atoms with E-state index in [2.05, 4.69) is 53.7 Å². The second-order valence-electron chi connectivity index (χ2n) is 8.19. The predicted molar refractivity (Wildman–Crippen MR) is 93.1 cm³/mol. The fourth-order valence-corrected chi connectivity index (χ4v) is 3.76. The summed E-state index contributed by atoms with van der Waals surface area (Å²) in [5.41, 5.74) is 3.13. The summed E-state index contributed by atoms with van der Waals surface area (Å²) in [5, 5.41) is 0.845. The first-order valence-electron chi connectivity index (χ1n) is 8.22. The van der Waals surface area contributed by atoms with Crippen LogP contribution >= 0.6 is 11.6 Å². The number of rotatable bonds is 2. The summed E-state index contributed by atoms with van der Waals surface area (Å²) in [6.45, 7) is 12.7. The number of hydrogen-bond donors (Lipinski definition) is 0. The van der Waals surface area contributed by atoms with Gasteiger partial charge >= 0.3 is 7.12 Å². The van der Waals surface area contributed by atoms with Crippen LogP contribution in [-0.2, 0) is 14.7 Å². The van der Waals surface area contributed by atoms with E-state index >= 15 is 0 Å². The van der Waals surface area contributed by atoms with Crippen molar-refractivity contribution in [3.05, 3.63) is 28.3 Å². The second-order valence-corrected chi connectivity index (χ2v) is 8.60. The zero-order valence-electron chi connectivity index (χ0n) is 14.5. The van der Waals surface area contributed by atoms with Crippen LogP contribution in [0.3, 0.4) is 0 Å². The van der Waals surface area contributed by atoms with Crippen molar-refractivity contribution in [1.29, 1.82) is 0 Å². The smallest absolute Gasteiger partial charge is 0.399 e. The number of aryl methyl sites for hydroxylation is 1. The van der Waals surface area contributed by atoms with Crippen molar-refractivity contribution in [3.63, 3.8) is 0 Å². The molecule has 22 heavy (non-hydrogen) atoms. The van der Waals surface area contributed by atoms with E-state index in [9.17, 15) is 0 Å². The van der Waals surface area contributed by atoms with Gasteiger partial charge in [-0.3, -0.25) is 0 Å². The Balaban J connectivity index is 1.95. The topological polar surface area (TPSA) is 18.5 Å². The van der Waals surface area contributed by atoms with Gasteiger partial charge in [-0.15, -0.1) is 0 Å². The molecule has 1 aliphatic carbocycles. The third kappa shape index (κ3) is 2.42. The molecule has 2 fully saturated rings. The molecule has 1 saturated heterocycles. The van der Waals surface area contributed by atoms with Crippen LogP contribution in [0.5, 0.6) is 0 Å². The molecule has 2 aliphatic rings. The molecule has 120 valence electrons. The van der Waals surface area contributed by atoms with Gasteiger partial charge in [0.2, 0.25) is 0 Å². The Morgan fingerprint density at radius 3 is 2.00 bits per heavy atom. The van der Waals surface area contributed by atoms with Crippen LogP contribution in [0.1, 0.15) is 65.0 Å². The molecule has 1 aromatic rings. The van der Waals surface area contributed by atoms with E-state index < -0.39 is 0 Å². The molecule has 1 saturated carbocycles. The maximum Gasteiger partial charge on any atom is 0.495 e. The Morgan fingerprint density at radius 1 is 1.00 bits per heavy atom. The molecule has 0 radical (unpaired) electrons. The first-order valence-corrected chi connectivity index (χ1v) is 8.60. The van der Waals surface area contributed by atoms with E-state index in [-0.39, 0.29) is 23.7 Å². The first kappa shape index (κ1) is 16.4. The lowest BCUT2D eigenvalue weighted by Gasteiger charge is -2.40. The molecule has 0 aromatic heterocycles. The molecule has 2 nitrogen and oxygen atoms in total. The van der Waals surface area contributed by atoms with E-state index in [1.54, 1.807) is 0 Å². The highest BCUT2D eigenvalue weighted by molar-refractivity contribution is 6.63. The minimum absolute atomic E-state index is 0.246. The van der Waals surface area contributed by atoms with Gasteiger partial charge in [-0.05, 0) is 70.0 Å². The lowest BCUT2D eigenvalue weighted by atomic mass is 9.64. The van der Waals surface area contributed by atoms with Crippen molar-refractivity contribution >= 4 is 24.2 Å². The van der Waals surface area contributed by atoms with Gasteiger partial charge in [0.1, 0.15) is 0 Å². The minimum Gasteiger partial charge on any atom is -0.399 e. The highest BCUT2D eigenvalue weighted by atomic mass is 35.5. The zero-order chi connectivity index (χ0) is 16.3. The molecule has 0 bridgehead atoms. The molecule has 0 atom stereocenters. The molecule has 1 aliphatic heterocycles. The second kappa shape index (κ2) is 4.99. The van der Waals surface area contributed by atoms with E-state index in [1.807, 2.05) is 0 Å². The molecule has 3 rings (SSSR count). The van der Waals surface area contributed by atoms with Gasteiger partial charge in [0.05, 0.1) is 11.2 Å². The van der Waals surface area contributed by atoms with Gasteiger partial charge in [-0.25, -0.2) is 0 Å². The van der Waals surface area contributed by atoms with Gasteiger partial charge in [0, 0.05) is 5.02 Å². The fraction of sp³-hybridized carbons (Fsp3) is 0.667. The van der Waals surface area contributed by atoms with E-state index in [0.29, 0.717) is 0 Å². The van der Waals surface area contributed by atoms with E-state index in [1.165, 1.54) is 30.4 Å². The number of benzene rings is 1. The Kier molecular flexibility index (Phi) is 3.71. The SMILES string of the molecule is Cc1cc(C2(C)CCC2)c(Cl)cc1B1OC(C)(C)C(C)(C)O1. The average Bonchev–Trinajstić information content (AvgIpc) is 2.58. The Hall–Kier alpha value is -0.505. The molecule has 0 amide bonds. The standard InChI is InChI=1S/C18H26BClO2/c1-12-10-13(18(6)8-7-9-18)15(20)11-14(12)19-21-16(2,3)17(4,5)22-19/h10-11H,7-9H2,1-6H3. The lowest BCUT2D eigenvalue weighted by molar-refractivity contribution is 0.00578. The third-order valence-corrected chi connectivity index (χ3v) is 6.28. The molecule has 0 spiro atoms. The summed E-state index contributed by atoms with van der Waals surface area (Å²) in [6, 6.07) is 4.29. The number of halogens is 1. The van der Waals surface area contributed by atoms with Crippen molar-refractivity contribution in [2.75, 3.05) is 0 Å². The summed E-state index contributed by atoms with van der Waals surface area (Å²) >= 11 is 6.61. The maximum atomic E-state index is 6.61. The van der Waals surface area contributed by atoms with Crippen LogP contribution in [0, 0.1) is 6.92 Å². The van der Waals surface area contributed by atoms with Crippen molar-refractivity contribution in [1.82, 2.24) is 0 Å². The van der Waals surface area contributed by atoms with Crippen LogP contribution in [0.15, 0.2) is 12.1 Å². The van der Waals surface area contributed by atoms with Crippen molar-refractivity contribution in [2.45, 2.75) is 77.4 Å². The normalized spacial score (nSPS) is 25.1. The van der Waals surface area contributed by atoms with E-state index in [0.717, 1.165) is 10.5 Å². The van der Waals surface area contributed by atoms with Gasteiger partial charge in [0.25, 0.3) is 0 Å². The molecular weight excluding hydrogens is 294 g/mol. The minimum atomic E-state index is -0.342. The summed E-state index contributed by atoms with van der Waals surface area (Å²) in [6.07, 6.45) is 3.74. The zero-order valence-corrected chi connectivity index (χ0v) is 15.3. The van der Waals surface area contributed by atoms with Crippen LogP contribution in [-0.4, -0.2) is 18.3 Å². The van der Waals surface area contributed by atoms with Crippen molar-refractivity contribution in [2.24, 2.45) is 0 Å². The number of hydrogen-bond acceptors (Lipinski definition) is 2. The molecule has 0 N–H and O–H groups in total. The third-order valence-electron chi connectivity index (χ3n) is 5.97. The molecular formula is C18H26BClO2. The lowest BCUT2D eigenvalue weighted by Crippen LogP contribution is -2.41. The van der Waals surface area contributed by atoms with Gasteiger partial charge in [-0.1, -0.05) is 36.6 Å². The molecule has 4 heteroatoms.